The number of hydrogen-bond donors (Lipinski definition) is 0. The van der Waals surface area contributed by atoms with Crippen LogP contribution in [0.15, 0.2) is 24.3 Å². The van der Waals surface area contributed by atoms with Crippen LogP contribution in [0.3, 0.4) is 0 Å². The fraction of sp³-hybridized carbons (Fsp3) is 0.273. The summed E-state index contributed by atoms with van der Waals surface area (Å²) < 4.78 is 13.2. The quantitative estimate of drug-likeness (QED) is 0.670. The van der Waals surface area contributed by atoms with Crippen LogP contribution >= 0.6 is 11.6 Å². The SMILES string of the molecule is CC(C)/C=C/c1ccc(Cl)cc1F. The molecular weight excluding hydrogens is 187 g/mol. The van der Waals surface area contributed by atoms with Crippen LogP contribution in [0.5, 0.6) is 0 Å². The molecule has 70 valence electrons. The van der Waals surface area contributed by atoms with E-state index in [4.69, 9.17) is 11.6 Å². The molecule has 0 N–H and O–H groups in total. The van der Waals surface area contributed by atoms with Crippen molar-refractivity contribution in [2.45, 2.75) is 13.8 Å². The fourth-order valence-corrected chi connectivity index (χ4v) is 1.09. The molecule has 0 heterocycles. The Kier molecular flexibility index (Phi) is 3.49. The highest BCUT2D eigenvalue weighted by atomic mass is 35.5. The molecule has 0 amide bonds. The second-order valence-corrected chi connectivity index (χ2v) is 3.71. The monoisotopic (exact) mass is 198 g/mol. The van der Waals surface area contributed by atoms with E-state index < -0.39 is 0 Å². The molecule has 0 bridgehead atoms. The van der Waals surface area contributed by atoms with Gasteiger partial charge in [0.05, 0.1) is 0 Å². The molecule has 13 heavy (non-hydrogen) atoms. The highest BCUT2D eigenvalue weighted by Gasteiger charge is 1.98. The minimum Gasteiger partial charge on any atom is -0.206 e. The number of halogens is 2. The van der Waals surface area contributed by atoms with Gasteiger partial charge in [0, 0.05) is 10.6 Å². The number of benzene rings is 1. The summed E-state index contributed by atoms with van der Waals surface area (Å²) in [6, 6.07) is 4.68. The van der Waals surface area contributed by atoms with E-state index >= 15 is 0 Å². The molecule has 0 unspecified atom stereocenters. The lowest BCUT2D eigenvalue weighted by atomic mass is 10.1. The first-order valence-electron chi connectivity index (χ1n) is 4.23. The second-order valence-electron chi connectivity index (χ2n) is 3.27. The van der Waals surface area contributed by atoms with Crippen molar-refractivity contribution < 1.29 is 4.39 Å². The van der Waals surface area contributed by atoms with Gasteiger partial charge in [-0.1, -0.05) is 43.7 Å². The molecule has 0 fully saturated rings. The summed E-state index contributed by atoms with van der Waals surface area (Å²) in [6.07, 6.45) is 3.72. The van der Waals surface area contributed by atoms with Crippen molar-refractivity contribution in [1.82, 2.24) is 0 Å². The zero-order valence-electron chi connectivity index (χ0n) is 7.72. The van der Waals surface area contributed by atoms with Gasteiger partial charge < -0.3 is 0 Å². The summed E-state index contributed by atoms with van der Waals surface area (Å²) in [5.74, 6) is 0.152. The van der Waals surface area contributed by atoms with Crippen LogP contribution in [0.25, 0.3) is 6.08 Å². The summed E-state index contributed by atoms with van der Waals surface area (Å²) in [7, 11) is 0. The number of hydrogen-bond acceptors (Lipinski definition) is 0. The molecule has 0 spiro atoms. The van der Waals surface area contributed by atoms with Crippen LogP contribution in [0.4, 0.5) is 4.39 Å². The van der Waals surface area contributed by atoms with Crippen LogP contribution in [-0.4, -0.2) is 0 Å². The smallest absolute Gasteiger partial charge is 0.131 e. The predicted octanol–water partition coefficient (Wildman–Crippen LogP) is 4.15. The van der Waals surface area contributed by atoms with E-state index in [0.717, 1.165) is 0 Å². The van der Waals surface area contributed by atoms with Crippen molar-refractivity contribution in [3.8, 4) is 0 Å². The van der Waals surface area contributed by atoms with Gasteiger partial charge in [0.15, 0.2) is 0 Å². The van der Waals surface area contributed by atoms with Crippen molar-refractivity contribution in [3.63, 3.8) is 0 Å². The van der Waals surface area contributed by atoms with E-state index in [1.807, 2.05) is 19.9 Å². The molecule has 0 aliphatic rings. The standard InChI is InChI=1S/C11H12ClF/c1-8(2)3-4-9-5-6-10(12)7-11(9)13/h3-8H,1-2H3/b4-3+. The second kappa shape index (κ2) is 4.43. The third kappa shape index (κ3) is 3.19. The van der Waals surface area contributed by atoms with Gasteiger partial charge in [0.2, 0.25) is 0 Å². The van der Waals surface area contributed by atoms with Gasteiger partial charge in [0.25, 0.3) is 0 Å². The molecule has 0 atom stereocenters. The molecule has 0 saturated carbocycles. The largest absolute Gasteiger partial charge is 0.206 e. The molecule has 0 radical (unpaired) electrons. The first kappa shape index (κ1) is 10.3. The zero-order valence-corrected chi connectivity index (χ0v) is 8.48. The van der Waals surface area contributed by atoms with Gasteiger partial charge in [-0.25, -0.2) is 4.39 Å². The Morgan fingerprint density at radius 2 is 2.08 bits per heavy atom. The Morgan fingerprint density at radius 1 is 1.38 bits per heavy atom. The first-order valence-corrected chi connectivity index (χ1v) is 4.60. The summed E-state index contributed by atoms with van der Waals surface area (Å²) in [5, 5.41) is 0.430. The van der Waals surface area contributed by atoms with Crippen molar-refractivity contribution >= 4 is 17.7 Å². The molecule has 1 aromatic carbocycles. The average molecular weight is 199 g/mol. The van der Waals surface area contributed by atoms with E-state index in [1.165, 1.54) is 6.07 Å². The van der Waals surface area contributed by atoms with Gasteiger partial charge in [0.1, 0.15) is 5.82 Å². The van der Waals surface area contributed by atoms with E-state index in [0.29, 0.717) is 16.5 Å². The third-order valence-corrected chi connectivity index (χ3v) is 1.86. The first-order chi connectivity index (χ1) is 6.09. The highest BCUT2D eigenvalue weighted by molar-refractivity contribution is 6.30. The molecule has 0 aliphatic heterocycles. The molecule has 1 rings (SSSR count). The third-order valence-electron chi connectivity index (χ3n) is 1.62. The lowest BCUT2D eigenvalue weighted by Gasteiger charge is -1.98. The molecular formula is C11H12ClF. The van der Waals surface area contributed by atoms with Crippen molar-refractivity contribution in [1.29, 1.82) is 0 Å². The van der Waals surface area contributed by atoms with Crippen LogP contribution < -0.4 is 0 Å². The van der Waals surface area contributed by atoms with Gasteiger partial charge in [-0.05, 0) is 18.1 Å². The van der Waals surface area contributed by atoms with Gasteiger partial charge in [-0.15, -0.1) is 0 Å². The molecule has 1 aromatic rings. The molecule has 0 saturated heterocycles. The van der Waals surface area contributed by atoms with Gasteiger partial charge in [-0.2, -0.15) is 0 Å². The minimum atomic E-state index is -0.274. The Bertz CT molecular complexity index is 316. The lowest BCUT2D eigenvalue weighted by molar-refractivity contribution is 0.625. The Hall–Kier alpha value is -0.820. The molecule has 0 nitrogen and oxygen atoms in total. The lowest BCUT2D eigenvalue weighted by Crippen LogP contribution is -1.83. The van der Waals surface area contributed by atoms with Gasteiger partial charge >= 0.3 is 0 Å². The Morgan fingerprint density at radius 3 is 2.62 bits per heavy atom. The average Bonchev–Trinajstić information content (AvgIpc) is 2.02. The molecule has 0 aliphatic carbocycles. The normalized spacial score (nSPS) is 11.5. The van der Waals surface area contributed by atoms with Crippen LogP contribution in [0, 0.1) is 11.7 Å². The summed E-state index contributed by atoms with van der Waals surface area (Å²) >= 11 is 5.62. The highest BCUT2D eigenvalue weighted by Crippen LogP contribution is 2.16. The maximum Gasteiger partial charge on any atom is 0.131 e. The summed E-state index contributed by atoms with van der Waals surface area (Å²) in [4.78, 5) is 0. The van der Waals surface area contributed by atoms with Crippen LogP contribution in [0.1, 0.15) is 19.4 Å². The van der Waals surface area contributed by atoms with Crippen molar-refractivity contribution in [2.75, 3.05) is 0 Å². The van der Waals surface area contributed by atoms with E-state index in [1.54, 1.807) is 18.2 Å². The van der Waals surface area contributed by atoms with Crippen LogP contribution in [0.2, 0.25) is 5.02 Å². The summed E-state index contributed by atoms with van der Waals surface area (Å²) in [5.41, 5.74) is 0.582. The predicted molar refractivity (Wildman–Crippen MR) is 55.3 cm³/mol. The Balaban J connectivity index is 2.90. The number of rotatable bonds is 2. The zero-order chi connectivity index (χ0) is 9.84. The van der Waals surface area contributed by atoms with Crippen molar-refractivity contribution in [2.24, 2.45) is 5.92 Å². The van der Waals surface area contributed by atoms with Gasteiger partial charge in [-0.3, -0.25) is 0 Å². The van der Waals surface area contributed by atoms with Crippen molar-refractivity contribution in [3.05, 3.63) is 40.7 Å². The minimum absolute atomic E-state index is 0.274. The van der Waals surface area contributed by atoms with E-state index in [-0.39, 0.29) is 5.82 Å². The maximum absolute atomic E-state index is 13.2. The molecule has 0 aromatic heterocycles. The number of allylic oxidation sites excluding steroid dienone is 1. The maximum atomic E-state index is 13.2. The molecule has 2 heteroatoms. The summed E-state index contributed by atoms with van der Waals surface area (Å²) in [6.45, 7) is 4.09. The Labute approximate surface area is 83.0 Å². The fourth-order valence-electron chi connectivity index (χ4n) is 0.933. The van der Waals surface area contributed by atoms with E-state index in [9.17, 15) is 4.39 Å². The van der Waals surface area contributed by atoms with Crippen LogP contribution in [-0.2, 0) is 0 Å². The topological polar surface area (TPSA) is 0 Å². The van der Waals surface area contributed by atoms with E-state index in [2.05, 4.69) is 0 Å².